The Bertz CT molecular complexity index is 492. The Morgan fingerprint density at radius 2 is 1.84 bits per heavy atom. The van der Waals surface area contributed by atoms with Crippen LogP contribution in [0.1, 0.15) is 34.3 Å². The van der Waals surface area contributed by atoms with Gasteiger partial charge in [0.15, 0.2) is 5.78 Å². The third-order valence-corrected chi connectivity index (χ3v) is 2.72. The monoisotopic (exact) mass is 274 g/mol. The number of rotatable bonds is 4. The van der Waals surface area contributed by atoms with Gasteiger partial charge in [0, 0.05) is 12.0 Å². The molecule has 1 aromatic carbocycles. The highest BCUT2D eigenvalue weighted by Crippen LogP contribution is 2.33. The van der Waals surface area contributed by atoms with Crippen LogP contribution in [-0.4, -0.2) is 18.9 Å². The molecule has 0 heterocycles. The molecule has 0 fully saturated rings. The van der Waals surface area contributed by atoms with Crippen LogP contribution in [0, 0.1) is 6.92 Å². The fourth-order valence-corrected chi connectivity index (χ4v) is 1.70. The minimum absolute atomic E-state index is 0.0151. The predicted molar refractivity (Wildman–Crippen MR) is 61.8 cm³/mol. The van der Waals surface area contributed by atoms with Crippen molar-refractivity contribution in [1.29, 1.82) is 0 Å². The highest BCUT2D eigenvalue weighted by atomic mass is 19.4. The quantitative estimate of drug-likeness (QED) is 0.625. The number of hydrogen-bond acceptors (Lipinski definition) is 3. The van der Waals surface area contributed by atoms with E-state index in [1.54, 1.807) is 0 Å². The van der Waals surface area contributed by atoms with Gasteiger partial charge in [0.25, 0.3) is 0 Å². The summed E-state index contributed by atoms with van der Waals surface area (Å²) < 4.78 is 42.4. The lowest BCUT2D eigenvalue weighted by Gasteiger charge is -2.13. The van der Waals surface area contributed by atoms with Crippen LogP contribution in [0.5, 0.6) is 0 Å². The van der Waals surface area contributed by atoms with Gasteiger partial charge in [0.2, 0.25) is 0 Å². The van der Waals surface area contributed by atoms with Gasteiger partial charge in [0.1, 0.15) is 0 Å². The van der Waals surface area contributed by atoms with Crippen molar-refractivity contribution in [3.05, 3.63) is 34.9 Å². The van der Waals surface area contributed by atoms with E-state index in [4.69, 9.17) is 0 Å². The molecule has 0 aliphatic rings. The van der Waals surface area contributed by atoms with E-state index in [9.17, 15) is 22.8 Å². The molecule has 0 saturated heterocycles. The molecule has 3 nitrogen and oxygen atoms in total. The Morgan fingerprint density at radius 3 is 2.37 bits per heavy atom. The second-order valence-electron chi connectivity index (χ2n) is 3.98. The van der Waals surface area contributed by atoms with E-state index in [-0.39, 0.29) is 24.0 Å². The molecular weight excluding hydrogens is 261 g/mol. The molecule has 0 aliphatic carbocycles. The highest BCUT2D eigenvalue weighted by Gasteiger charge is 2.33. The average molecular weight is 274 g/mol. The van der Waals surface area contributed by atoms with Gasteiger partial charge in [-0.3, -0.25) is 9.59 Å². The first kappa shape index (κ1) is 15.2. The van der Waals surface area contributed by atoms with E-state index in [0.29, 0.717) is 0 Å². The first-order chi connectivity index (χ1) is 8.77. The van der Waals surface area contributed by atoms with Crippen LogP contribution in [0.4, 0.5) is 13.2 Å². The van der Waals surface area contributed by atoms with Crippen molar-refractivity contribution >= 4 is 11.8 Å². The zero-order valence-electron chi connectivity index (χ0n) is 10.5. The first-order valence-corrected chi connectivity index (χ1v) is 5.54. The van der Waals surface area contributed by atoms with Crippen LogP contribution in [0.3, 0.4) is 0 Å². The molecule has 0 aliphatic heterocycles. The lowest BCUT2D eigenvalue weighted by molar-refractivity contribution is -0.140. The van der Waals surface area contributed by atoms with Gasteiger partial charge in [0.05, 0.1) is 19.1 Å². The topological polar surface area (TPSA) is 43.4 Å². The van der Waals surface area contributed by atoms with E-state index in [1.807, 2.05) is 0 Å². The van der Waals surface area contributed by atoms with E-state index in [1.165, 1.54) is 26.2 Å². The number of methoxy groups -OCH3 is 1. The van der Waals surface area contributed by atoms with Crippen molar-refractivity contribution in [3.8, 4) is 0 Å². The fraction of sp³-hybridized carbons (Fsp3) is 0.385. The third-order valence-electron chi connectivity index (χ3n) is 2.72. The number of alkyl halides is 3. The van der Waals surface area contributed by atoms with E-state index in [0.717, 1.165) is 6.07 Å². The van der Waals surface area contributed by atoms with Gasteiger partial charge in [-0.15, -0.1) is 0 Å². The van der Waals surface area contributed by atoms with Crippen molar-refractivity contribution in [2.75, 3.05) is 7.11 Å². The van der Waals surface area contributed by atoms with Crippen molar-refractivity contribution < 1.29 is 27.5 Å². The number of esters is 1. The van der Waals surface area contributed by atoms with Crippen molar-refractivity contribution in [3.63, 3.8) is 0 Å². The minimum atomic E-state index is -4.50. The molecule has 0 bridgehead atoms. The van der Waals surface area contributed by atoms with Crippen molar-refractivity contribution in [2.45, 2.75) is 25.9 Å². The number of benzene rings is 1. The SMILES string of the molecule is COC(=O)CCC(=O)c1cccc(C(F)(F)F)c1C. The lowest BCUT2D eigenvalue weighted by atomic mass is 9.97. The summed E-state index contributed by atoms with van der Waals surface area (Å²) in [6.07, 6.45) is -4.82. The summed E-state index contributed by atoms with van der Waals surface area (Å²) in [5.74, 6) is -1.08. The number of halogens is 3. The smallest absolute Gasteiger partial charge is 0.416 e. The van der Waals surface area contributed by atoms with Crippen LogP contribution in [0.25, 0.3) is 0 Å². The van der Waals surface area contributed by atoms with Gasteiger partial charge in [-0.2, -0.15) is 13.2 Å². The second kappa shape index (κ2) is 5.86. The molecule has 19 heavy (non-hydrogen) atoms. The Morgan fingerprint density at radius 1 is 1.21 bits per heavy atom. The number of Topliss-reactive ketones (excluding diaryl/α,β-unsaturated/α-hetero) is 1. The molecular formula is C13H13F3O3. The third kappa shape index (κ3) is 3.81. The summed E-state index contributed by atoms with van der Waals surface area (Å²) in [6.45, 7) is 1.24. The maximum absolute atomic E-state index is 12.7. The van der Waals surface area contributed by atoms with Gasteiger partial charge in [-0.05, 0) is 18.6 Å². The Kier molecular flexibility index (Phi) is 4.69. The summed E-state index contributed by atoms with van der Waals surface area (Å²) in [7, 11) is 1.18. The van der Waals surface area contributed by atoms with Crippen LogP contribution < -0.4 is 0 Å². The van der Waals surface area contributed by atoms with Crippen LogP contribution in [-0.2, 0) is 15.7 Å². The van der Waals surface area contributed by atoms with Crippen molar-refractivity contribution in [1.82, 2.24) is 0 Å². The first-order valence-electron chi connectivity index (χ1n) is 5.54. The zero-order chi connectivity index (χ0) is 14.6. The Hall–Kier alpha value is -1.85. The average Bonchev–Trinajstić information content (AvgIpc) is 2.34. The van der Waals surface area contributed by atoms with E-state index < -0.39 is 23.5 Å². The molecule has 0 unspecified atom stereocenters. The summed E-state index contributed by atoms with van der Waals surface area (Å²) >= 11 is 0. The van der Waals surface area contributed by atoms with Crippen LogP contribution >= 0.6 is 0 Å². The Labute approximate surface area is 108 Å². The molecule has 6 heteroatoms. The molecule has 0 amide bonds. The minimum Gasteiger partial charge on any atom is -0.469 e. The van der Waals surface area contributed by atoms with Gasteiger partial charge in [-0.1, -0.05) is 12.1 Å². The summed E-state index contributed by atoms with van der Waals surface area (Å²) in [6, 6.07) is 3.43. The summed E-state index contributed by atoms with van der Waals surface area (Å²) in [4.78, 5) is 22.7. The maximum atomic E-state index is 12.7. The van der Waals surface area contributed by atoms with Gasteiger partial charge < -0.3 is 4.74 Å². The zero-order valence-corrected chi connectivity index (χ0v) is 10.5. The van der Waals surface area contributed by atoms with Gasteiger partial charge in [-0.25, -0.2) is 0 Å². The molecule has 0 radical (unpaired) electrons. The largest absolute Gasteiger partial charge is 0.469 e. The molecule has 1 aromatic rings. The Balaban J connectivity index is 2.96. The molecule has 1 rings (SSSR count). The van der Waals surface area contributed by atoms with Crippen LogP contribution in [0.2, 0.25) is 0 Å². The van der Waals surface area contributed by atoms with Crippen molar-refractivity contribution in [2.24, 2.45) is 0 Å². The van der Waals surface area contributed by atoms with E-state index >= 15 is 0 Å². The second-order valence-corrected chi connectivity index (χ2v) is 3.98. The number of carbonyl (C=O) groups is 2. The predicted octanol–water partition coefficient (Wildman–Crippen LogP) is 3.15. The standard InChI is InChI=1S/C13H13F3O3/c1-8-9(11(17)6-7-12(18)19-2)4-3-5-10(8)13(14,15)16/h3-5H,6-7H2,1-2H3. The molecule has 0 N–H and O–H groups in total. The number of hydrogen-bond donors (Lipinski definition) is 0. The fourth-order valence-electron chi connectivity index (χ4n) is 1.70. The normalized spacial score (nSPS) is 11.2. The maximum Gasteiger partial charge on any atom is 0.416 e. The molecule has 0 atom stereocenters. The lowest BCUT2D eigenvalue weighted by Crippen LogP contribution is -2.12. The number of ether oxygens (including phenoxy) is 1. The summed E-state index contributed by atoms with van der Waals surface area (Å²) in [5.41, 5.74) is -0.972. The number of carbonyl (C=O) groups excluding carboxylic acids is 2. The molecule has 0 spiro atoms. The molecule has 0 saturated carbocycles. The molecule has 0 aromatic heterocycles. The molecule has 104 valence electrons. The van der Waals surface area contributed by atoms with E-state index in [2.05, 4.69) is 4.74 Å². The summed E-state index contributed by atoms with van der Waals surface area (Å²) in [5, 5.41) is 0. The highest BCUT2D eigenvalue weighted by molar-refractivity contribution is 5.99. The van der Waals surface area contributed by atoms with Crippen LogP contribution in [0.15, 0.2) is 18.2 Å². The number of ketones is 1. The van der Waals surface area contributed by atoms with Gasteiger partial charge >= 0.3 is 12.1 Å².